The number of ether oxygens (including phenoxy) is 1. The first kappa shape index (κ1) is 14.7. The quantitative estimate of drug-likeness (QED) is 0.804. The summed E-state index contributed by atoms with van der Waals surface area (Å²) in [6.07, 6.45) is 5.81. The van der Waals surface area contributed by atoms with Gasteiger partial charge in [-0.1, -0.05) is 38.4 Å². The normalized spacial score (nSPS) is 27.0. The summed E-state index contributed by atoms with van der Waals surface area (Å²) >= 11 is 5.25. The molecule has 2 rings (SSSR count). The molecule has 0 spiro atoms. The van der Waals surface area contributed by atoms with E-state index in [0.29, 0.717) is 24.7 Å². The molecule has 2 N–H and O–H groups in total. The van der Waals surface area contributed by atoms with Crippen LogP contribution in [0.1, 0.15) is 45.4 Å². The van der Waals surface area contributed by atoms with E-state index in [1.807, 2.05) is 4.90 Å². The summed E-state index contributed by atoms with van der Waals surface area (Å²) in [5, 5.41) is 0. The molecule has 1 unspecified atom stereocenters. The molecule has 0 aromatic heterocycles. The predicted octanol–water partition coefficient (Wildman–Crippen LogP) is 1.86. The smallest absolute Gasteiger partial charge is 0.236 e. The van der Waals surface area contributed by atoms with Gasteiger partial charge < -0.3 is 15.4 Å². The molecule has 4 nitrogen and oxygen atoms in total. The van der Waals surface area contributed by atoms with Crippen molar-refractivity contribution in [3.63, 3.8) is 0 Å². The zero-order chi connectivity index (χ0) is 13.9. The Labute approximate surface area is 120 Å². The molecule has 0 aromatic rings. The molecule has 0 bridgehead atoms. The Morgan fingerprint density at radius 1 is 1.42 bits per heavy atom. The lowest BCUT2D eigenvalue weighted by Crippen LogP contribution is -2.57. The van der Waals surface area contributed by atoms with E-state index in [4.69, 9.17) is 22.7 Å². The van der Waals surface area contributed by atoms with Gasteiger partial charge in [-0.3, -0.25) is 4.79 Å². The zero-order valence-electron chi connectivity index (χ0n) is 11.7. The fourth-order valence-corrected chi connectivity index (χ4v) is 3.55. The maximum absolute atomic E-state index is 13.0. The van der Waals surface area contributed by atoms with Crippen molar-refractivity contribution in [3.8, 4) is 0 Å². The number of amides is 1. The Bertz CT molecular complexity index is 353. The lowest BCUT2D eigenvalue weighted by atomic mass is 9.72. The van der Waals surface area contributed by atoms with Crippen molar-refractivity contribution >= 4 is 23.1 Å². The number of thiocarbonyl (C=S) groups is 1. The Morgan fingerprint density at radius 2 is 2.11 bits per heavy atom. The van der Waals surface area contributed by atoms with Crippen molar-refractivity contribution in [2.45, 2.75) is 51.5 Å². The molecule has 1 aliphatic heterocycles. The second-order valence-corrected chi connectivity index (χ2v) is 6.08. The van der Waals surface area contributed by atoms with E-state index in [1.165, 1.54) is 6.42 Å². The average Bonchev–Trinajstić information content (AvgIpc) is 2.47. The van der Waals surface area contributed by atoms with Crippen LogP contribution >= 0.6 is 12.2 Å². The van der Waals surface area contributed by atoms with Gasteiger partial charge in [0.1, 0.15) is 0 Å². The van der Waals surface area contributed by atoms with Gasteiger partial charge in [-0.25, -0.2) is 0 Å². The van der Waals surface area contributed by atoms with Crippen LogP contribution in [0.2, 0.25) is 0 Å². The molecule has 1 amide bonds. The molecule has 1 atom stereocenters. The van der Waals surface area contributed by atoms with Gasteiger partial charge in [-0.2, -0.15) is 0 Å². The number of morpholine rings is 1. The number of carbonyl (C=O) groups excluding carboxylic acids is 1. The van der Waals surface area contributed by atoms with Crippen molar-refractivity contribution in [1.29, 1.82) is 0 Å². The number of nitrogens with two attached hydrogens (primary N) is 1. The van der Waals surface area contributed by atoms with E-state index >= 15 is 0 Å². The van der Waals surface area contributed by atoms with Crippen molar-refractivity contribution in [1.82, 2.24) is 4.90 Å². The van der Waals surface area contributed by atoms with E-state index in [-0.39, 0.29) is 11.9 Å². The summed E-state index contributed by atoms with van der Waals surface area (Å²) in [4.78, 5) is 15.3. The van der Waals surface area contributed by atoms with Crippen molar-refractivity contribution in [3.05, 3.63) is 0 Å². The Balaban J connectivity index is 2.21. The minimum atomic E-state index is -0.585. The van der Waals surface area contributed by atoms with Gasteiger partial charge >= 0.3 is 0 Å². The van der Waals surface area contributed by atoms with E-state index in [2.05, 4.69) is 6.92 Å². The maximum atomic E-state index is 13.0. The predicted molar refractivity (Wildman–Crippen MR) is 78.9 cm³/mol. The third kappa shape index (κ3) is 2.77. The van der Waals surface area contributed by atoms with E-state index in [9.17, 15) is 4.79 Å². The number of hydrogen-bond acceptors (Lipinski definition) is 3. The van der Waals surface area contributed by atoms with Gasteiger partial charge in [0.25, 0.3) is 0 Å². The van der Waals surface area contributed by atoms with Gasteiger partial charge in [0.05, 0.1) is 29.7 Å². The Morgan fingerprint density at radius 3 is 2.68 bits per heavy atom. The summed E-state index contributed by atoms with van der Waals surface area (Å²) in [6, 6.07) is 0.175. The summed E-state index contributed by atoms with van der Waals surface area (Å²) < 4.78 is 5.48. The highest BCUT2D eigenvalue weighted by atomic mass is 32.1. The highest BCUT2D eigenvalue weighted by molar-refractivity contribution is 7.80. The second-order valence-electron chi connectivity index (χ2n) is 5.64. The molecule has 1 saturated heterocycles. The van der Waals surface area contributed by atoms with Crippen LogP contribution in [0.3, 0.4) is 0 Å². The van der Waals surface area contributed by atoms with E-state index < -0.39 is 5.41 Å². The van der Waals surface area contributed by atoms with Gasteiger partial charge in [0.15, 0.2) is 0 Å². The minimum Gasteiger partial charge on any atom is -0.392 e. The van der Waals surface area contributed by atoms with Crippen molar-refractivity contribution < 1.29 is 9.53 Å². The minimum absolute atomic E-state index is 0.148. The molecule has 19 heavy (non-hydrogen) atoms. The molecule has 1 aliphatic carbocycles. The third-order valence-electron chi connectivity index (χ3n) is 4.55. The van der Waals surface area contributed by atoms with Crippen LogP contribution in [0, 0.1) is 5.41 Å². The lowest BCUT2D eigenvalue weighted by molar-refractivity contribution is -0.148. The molecule has 108 valence electrons. The fourth-order valence-electron chi connectivity index (χ4n) is 3.26. The Kier molecular flexibility index (Phi) is 4.79. The van der Waals surface area contributed by atoms with Crippen molar-refractivity contribution in [2.24, 2.45) is 11.1 Å². The first-order valence-electron chi connectivity index (χ1n) is 7.30. The molecule has 2 aliphatic rings. The highest BCUT2D eigenvalue weighted by Gasteiger charge is 2.46. The van der Waals surface area contributed by atoms with Crippen LogP contribution in [0.5, 0.6) is 0 Å². The molecule has 1 saturated carbocycles. The summed E-state index contributed by atoms with van der Waals surface area (Å²) in [5.41, 5.74) is 5.36. The van der Waals surface area contributed by atoms with Crippen LogP contribution in [0.4, 0.5) is 0 Å². The van der Waals surface area contributed by atoms with Crippen LogP contribution < -0.4 is 5.73 Å². The monoisotopic (exact) mass is 284 g/mol. The standard InChI is InChI=1S/C14H24N2O2S/c1-2-11-10-18-9-8-16(11)13(17)14(12(15)19)6-4-3-5-7-14/h11H,2-10H2,1H3,(H2,15,19). The SMILES string of the molecule is CCC1COCCN1C(=O)C1(C(N)=S)CCCCC1. The van der Waals surface area contributed by atoms with Gasteiger partial charge in [-0.15, -0.1) is 0 Å². The van der Waals surface area contributed by atoms with Gasteiger partial charge in [0.2, 0.25) is 5.91 Å². The number of carbonyl (C=O) groups is 1. The van der Waals surface area contributed by atoms with Crippen LogP contribution in [-0.4, -0.2) is 41.6 Å². The fraction of sp³-hybridized carbons (Fsp3) is 0.857. The average molecular weight is 284 g/mol. The van der Waals surface area contributed by atoms with Gasteiger partial charge in [0, 0.05) is 6.54 Å². The molecule has 2 fully saturated rings. The van der Waals surface area contributed by atoms with Crippen LogP contribution in [-0.2, 0) is 9.53 Å². The largest absolute Gasteiger partial charge is 0.392 e. The third-order valence-corrected chi connectivity index (χ3v) is 4.94. The molecule has 0 aromatic carbocycles. The number of hydrogen-bond donors (Lipinski definition) is 1. The topological polar surface area (TPSA) is 55.6 Å². The van der Waals surface area contributed by atoms with E-state index in [0.717, 1.165) is 32.1 Å². The summed E-state index contributed by atoms with van der Waals surface area (Å²) in [5.74, 6) is 0.148. The first-order valence-corrected chi connectivity index (χ1v) is 7.71. The van der Waals surface area contributed by atoms with Crippen LogP contribution in [0.25, 0.3) is 0 Å². The van der Waals surface area contributed by atoms with E-state index in [1.54, 1.807) is 0 Å². The molecular formula is C14H24N2O2S. The van der Waals surface area contributed by atoms with Crippen molar-refractivity contribution in [2.75, 3.05) is 19.8 Å². The molecular weight excluding hydrogens is 260 g/mol. The maximum Gasteiger partial charge on any atom is 0.236 e. The lowest BCUT2D eigenvalue weighted by Gasteiger charge is -2.43. The number of rotatable bonds is 3. The van der Waals surface area contributed by atoms with Gasteiger partial charge in [-0.05, 0) is 19.3 Å². The first-order chi connectivity index (χ1) is 9.12. The van der Waals surface area contributed by atoms with Crippen LogP contribution in [0.15, 0.2) is 0 Å². The molecule has 5 heteroatoms. The zero-order valence-corrected chi connectivity index (χ0v) is 12.5. The second kappa shape index (κ2) is 6.18. The molecule has 1 heterocycles. The summed E-state index contributed by atoms with van der Waals surface area (Å²) in [6.45, 7) is 4.01. The molecule has 0 radical (unpaired) electrons. The highest BCUT2D eigenvalue weighted by Crippen LogP contribution is 2.39. The Hall–Kier alpha value is -0.680. The number of nitrogens with zero attached hydrogens (tertiary/aromatic N) is 1. The summed E-state index contributed by atoms with van der Waals surface area (Å²) in [7, 11) is 0.